The molecule has 1 amide bonds. The molecular formula is C20H22FN3O2. The Hall–Kier alpha value is -2.50. The summed E-state index contributed by atoms with van der Waals surface area (Å²) in [5, 5.41) is 0. The first kappa shape index (κ1) is 16.9. The van der Waals surface area contributed by atoms with Crippen LogP contribution in [0.25, 0.3) is 11.4 Å². The van der Waals surface area contributed by atoms with Crippen LogP contribution in [-0.2, 0) is 17.8 Å². The van der Waals surface area contributed by atoms with Crippen molar-refractivity contribution in [2.45, 2.75) is 45.1 Å². The third-order valence-electron chi connectivity index (χ3n) is 5.45. The van der Waals surface area contributed by atoms with Crippen molar-refractivity contribution in [1.82, 2.24) is 14.9 Å². The van der Waals surface area contributed by atoms with E-state index in [4.69, 9.17) is 0 Å². The summed E-state index contributed by atoms with van der Waals surface area (Å²) in [7, 11) is 0. The lowest BCUT2D eigenvalue weighted by atomic mass is 9.88. The second kappa shape index (κ2) is 7.02. The van der Waals surface area contributed by atoms with Gasteiger partial charge in [0.15, 0.2) is 0 Å². The van der Waals surface area contributed by atoms with E-state index in [9.17, 15) is 14.0 Å². The van der Waals surface area contributed by atoms with E-state index in [2.05, 4.69) is 9.97 Å². The van der Waals surface area contributed by atoms with Gasteiger partial charge in [0.1, 0.15) is 11.6 Å². The lowest BCUT2D eigenvalue weighted by Gasteiger charge is -2.32. The summed E-state index contributed by atoms with van der Waals surface area (Å²) in [5.74, 6) is 0.403. The molecule has 0 bridgehead atoms. The van der Waals surface area contributed by atoms with Crippen LogP contribution in [0.1, 0.15) is 43.4 Å². The number of hydrogen-bond acceptors (Lipinski definition) is 3. The van der Waals surface area contributed by atoms with Gasteiger partial charge in [0.2, 0.25) is 5.91 Å². The maximum Gasteiger partial charge on any atom is 0.256 e. The number of nitrogens with zero attached hydrogens (tertiary/aromatic N) is 2. The minimum atomic E-state index is -0.328. The van der Waals surface area contributed by atoms with Crippen molar-refractivity contribution in [3.63, 3.8) is 0 Å². The van der Waals surface area contributed by atoms with E-state index >= 15 is 0 Å². The van der Waals surface area contributed by atoms with Gasteiger partial charge in [-0.25, -0.2) is 9.37 Å². The Labute approximate surface area is 151 Å². The second-order valence-corrected chi connectivity index (χ2v) is 7.19. The maximum atomic E-state index is 13.1. The smallest absolute Gasteiger partial charge is 0.256 e. The number of aromatic nitrogens is 2. The topological polar surface area (TPSA) is 66.1 Å². The summed E-state index contributed by atoms with van der Waals surface area (Å²) in [5.41, 5.74) is 1.77. The molecule has 0 unspecified atom stereocenters. The summed E-state index contributed by atoms with van der Waals surface area (Å²) in [6, 6.07) is 5.89. The van der Waals surface area contributed by atoms with E-state index in [1.54, 1.807) is 12.1 Å². The Kier molecular flexibility index (Phi) is 4.57. The molecule has 1 aliphatic heterocycles. The Morgan fingerprint density at radius 3 is 2.62 bits per heavy atom. The number of benzene rings is 1. The van der Waals surface area contributed by atoms with Crippen molar-refractivity contribution in [3.05, 3.63) is 51.7 Å². The van der Waals surface area contributed by atoms with Gasteiger partial charge in [-0.1, -0.05) is 19.3 Å². The van der Waals surface area contributed by atoms with Crippen molar-refractivity contribution in [3.8, 4) is 11.4 Å². The number of carbonyl (C=O) groups excluding carboxylic acids is 1. The largest absolute Gasteiger partial charge is 0.337 e. The Bertz CT molecular complexity index is 870. The van der Waals surface area contributed by atoms with Gasteiger partial charge in [-0.15, -0.1) is 0 Å². The van der Waals surface area contributed by atoms with Crippen LogP contribution in [0.3, 0.4) is 0 Å². The predicted octanol–water partition coefficient (Wildman–Crippen LogP) is 3.04. The summed E-state index contributed by atoms with van der Waals surface area (Å²) in [6.45, 7) is 0.929. The summed E-state index contributed by atoms with van der Waals surface area (Å²) < 4.78 is 13.1. The van der Waals surface area contributed by atoms with E-state index in [0.717, 1.165) is 31.4 Å². The molecule has 2 aromatic rings. The van der Waals surface area contributed by atoms with E-state index < -0.39 is 0 Å². The highest BCUT2D eigenvalue weighted by molar-refractivity contribution is 5.79. The third kappa shape index (κ3) is 3.28. The quantitative estimate of drug-likeness (QED) is 0.900. The van der Waals surface area contributed by atoms with Crippen molar-refractivity contribution in [2.24, 2.45) is 5.92 Å². The number of halogens is 1. The normalized spacial score (nSPS) is 17.8. The fourth-order valence-electron chi connectivity index (χ4n) is 3.97. The third-order valence-corrected chi connectivity index (χ3v) is 5.45. The van der Waals surface area contributed by atoms with Crippen LogP contribution in [0.2, 0.25) is 0 Å². The highest BCUT2D eigenvalue weighted by Crippen LogP contribution is 2.27. The number of H-pyrrole nitrogens is 1. The van der Waals surface area contributed by atoms with Crippen molar-refractivity contribution < 1.29 is 9.18 Å². The molecule has 1 saturated carbocycles. The van der Waals surface area contributed by atoms with E-state index in [1.165, 1.54) is 18.6 Å². The fraction of sp³-hybridized carbons (Fsp3) is 0.450. The minimum Gasteiger partial charge on any atom is -0.337 e. The molecule has 1 aromatic heterocycles. The zero-order valence-corrected chi connectivity index (χ0v) is 14.6. The van der Waals surface area contributed by atoms with Gasteiger partial charge in [0, 0.05) is 24.4 Å². The number of aromatic amines is 1. The number of amides is 1. The van der Waals surface area contributed by atoms with Gasteiger partial charge in [0.25, 0.3) is 5.56 Å². The van der Waals surface area contributed by atoms with Crippen LogP contribution in [0.15, 0.2) is 29.1 Å². The molecule has 0 radical (unpaired) electrons. The van der Waals surface area contributed by atoms with Crippen LogP contribution in [-0.4, -0.2) is 27.3 Å². The summed E-state index contributed by atoms with van der Waals surface area (Å²) in [4.78, 5) is 34.5. The average molecular weight is 355 g/mol. The number of carbonyl (C=O) groups is 1. The number of rotatable bonds is 2. The summed E-state index contributed by atoms with van der Waals surface area (Å²) >= 11 is 0. The number of hydrogen-bond donors (Lipinski definition) is 1. The monoisotopic (exact) mass is 355 g/mol. The maximum absolute atomic E-state index is 13.1. The van der Waals surface area contributed by atoms with Crippen LogP contribution in [0, 0.1) is 11.7 Å². The van der Waals surface area contributed by atoms with Crippen molar-refractivity contribution >= 4 is 5.91 Å². The zero-order chi connectivity index (χ0) is 18.1. The molecule has 136 valence electrons. The molecule has 1 aliphatic carbocycles. The molecule has 26 heavy (non-hydrogen) atoms. The fourth-order valence-corrected chi connectivity index (χ4v) is 3.97. The van der Waals surface area contributed by atoms with E-state index in [-0.39, 0.29) is 23.2 Å². The van der Waals surface area contributed by atoms with Crippen LogP contribution in [0.4, 0.5) is 4.39 Å². The zero-order valence-electron chi connectivity index (χ0n) is 14.6. The van der Waals surface area contributed by atoms with E-state index in [1.807, 2.05) is 4.90 Å². The lowest BCUT2D eigenvalue weighted by Crippen LogP contribution is -2.42. The average Bonchev–Trinajstić information content (AvgIpc) is 2.68. The first-order valence-electron chi connectivity index (χ1n) is 9.28. The van der Waals surface area contributed by atoms with Crippen molar-refractivity contribution in [1.29, 1.82) is 0 Å². The van der Waals surface area contributed by atoms with Crippen LogP contribution < -0.4 is 5.56 Å². The minimum absolute atomic E-state index is 0.107. The van der Waals surface area contributed by atoms with Gasteiger partial charge in [-0.3, -0.25) is 9.59 Å². The molecule has 4 rings (SSSR count). The number of nitrogens with one attached hydrogen (secondary N) is 1. The Morgan fingerprint density at radius 1 is 1.15 bits per heavy atom. The van der Waals surface area contributed by atoms with E-state index in [0.29, 0.717) is 36.5 Å². The second-order valence-electron chi connectivity index (χ2n) is 7.19. The Morgan fingerprint density at radius 2 is 1.88 bits per heavy atom. The van der Waals surface area contributed by atoms with Gasteiger partial charge in [-0.05, 0) is 37.1 Å². The first-order chi connectivity index (χ1) is 12.6. The van der Waals surface area contributed by atoms with Crippen LogP contribution >= 0.6 is 0 Å². The van der Waals surface area contributed by atoms with Gasteiger partial charge in [-0.2, -0.15) is 0 Å². The summed E-state index contributed by atoms with van der Waals surface area (Å²) in [6.07, 6.45) is 5.93. The highest BCUT2D eigenvalue weighted by atomic mass is 19.1. The molecule has 2 aliphatic rings. The molecule has 0 atom stereocenters. The molecule has 0 saturated heterocycles. The molecule has 6 heteroatoms. The highest BCUT2D eigenvalue weighted by Gasteiger charge is 2.30. The van der Waals surface area contributed by atoms with Gasteiger partial charge < -0.3 is 9.88 Å². The first-order valence-corrected chi connectivity index (χ1v) is 9.28. The molecule has 1 fully saturated rings. The molecule has 1 aromatic carbocycles. The van der Waals surface area contributed by atoms with Crippen LogP contribution in [0.5, 0.6) is 0 Å². The molecule has 1 N–H and O–H groups in total. The predicted molar refractivity (Wildman–Crippen MR) is 95.9 cm³/mol. The SMILES string of the molecule is O=C(C1CCCCC1)N1CCc2nc(-c3ccc(F)cc3)[nH]c(=O)c2C1. The van der Waals surface area contributed by atoms with Crippen molar-refractivity contribution in [2.75, 3.05) is 6.54 Å². The lowest BCUT2D eigenvalue weighted by molar-refractivity contribution is -0.137. The molecular weight excluding hydrogens is 333 g/mol. The van der Waals surface area contributed by atoms with Gasteiger partial charge >= 0.3 is 0 Å². The molecule has 2 heterocycles. The molecule has 5 nitrogen and oxygen atoms in total. The van der Waals surface area contributed by atoms with Gasteiger partial charge in [0.05, 0.1) is 17.8 Å². The Balaban J connectivity index is 1.57. The molecule has 0 spiro atoms. The number of fused-ring (bicyclic) bond motifs is 1. The standard InChI is InChI=1S/C20H22FN3O2/c21-15-8-6-13(7-9-15)18-22-17-10-11-24(12-16(17)19(25)23-18)20(26)14-4-2-1-3-5-14/h6-9,14H,1-5,10-12H2,(H,22,23,25).